The van der Waals surface area contributed by atoms with Crippen LogP contribution in [0.3, 0.4) is 0 Å². The Balaban J connectivity index is 1.67. The number of benzene rings is 2. The first kappa shape index (κ1) is 28.1. The van der Waals surface area contributed by atoms with Gasteiger partial charge in [-0.1, -0.05) is 38.1 Å². The monoisotopic (exact) mass is 529 g/mol. The van der Waals surface area contributed by atoms with Gasteiger partial charge in [0.2, 0.25) is 5.91 Å². The van der Waals surface area contributed by atoms with Crippen LogP contribution in [0, 0.1) is 5.92 Å². The molecule has 0 atom stereocenters. The number of nitrogens with one attached hydrogen (secondary N) is 1. The molecule has 1 N–H and O–H groups in total. The third kappa shape index (κ3) is 7.35. The molecule has 2 heterocycles. The van der Waals surface area contributed by atoms with Crippen LogP contribution in [0.4, 0.5) is 17.2 Å². The van der Waals surface area contributed by atoms with Gasteiger partial charge in [-0.05, 0) is 61.8 Å². The van der Waals surface area contributed by atoms with Gasteiger partial charge in [-0.2, -0.15) is 0 Å². The van der Waals surface area contributed by atoms with E-state index in [1.165, 1.54) is 0 Å². The van der Waals surface area contributed by atoms with E-state index in [0.717, 1.165) is 36.4 Å². The fourth-order valence-corrected chi connectivity index (χ4v) is 4.79. The van der Waals surface area contributed by atoms with E-state index in [1.807, 2.05) is 58.3 Å². The molecule has 0 saturated carbocycles. The number of carbonyl (C=O) groups excluding carboxylic acids is 2. The SMILES string of the molecule is COc1cccc(Nc2ncccc2C(=O)N2CCN(C)CCCN(C(=O)CC(C)C)c3ccccc3C2)c1. The molecule has 0 bridgehead atoms. The fourth-order valence-electron chi connectivity index (χ4n) is 4.79. The first-order valence-corrected chi connectivity index (χ1v) is 13.6. The topological polar surface area (TPSA) is 78.0 Å². The lowest BCUT2D eigenvalue weighted by atomic mass is 10.1. The molecule has 2 amide bonds. The second-order valence-corrected chi connectivity index (χ2v) is 10.4. The second-order valence-electron chi connectivity index (χ2n) is 10.4. The molecule has 0 radical (unpaired) electrons. The van der Waals surface area contributed by atoms with E-state index >= 15 is 0 Å². The Bertz CT molecular complexity index is 1280. The number of fused-ring (bicyclic) bond motifs is 1. The van der Waals surface area contributed by atoms with Crippen molar-refractivity contribution in [2.45, 2.75) is 33.2 Å². The van der Waals surface area contributed by atoms with E-state index in [4.69, 9.17) is 4.74 Å². The molecule has 1 aromatic heterocycles. The highest BCUT2D eigenvalue weighted by Gasteiger charge is 2.25. The summed E-state index contributed by atoms with van der Waals surface area (Å²) in [4.78, 5) is 37.9. The summed E-state index contributed by atoms with van der Waals surface area (Å²) in [7, 11) is 3.68. The van der Waals surface area contributed by atoms with Crippen molar-refractivity contribution in [3.8, 4) is 5.75 Å². The molecule has 8 nitrogen and oxygen atoms in total. The van der Waals surface area contributed by atoms with Crippen LogP contribution in [-0.2, 0) is 11.3 Å². The number of hydrogen-bond acceptors (Lipinski definition) is 6. The zero-order chi connectivity index (χ0) is 27.8. The molecule has 0 aliphatic carbocycles. The maximum Gasteiger partial charge on any atom is 0.257 e. The molecule has 206 valence electrons. The molecule has 2 aromatic carbocycles. The van der Waals surface area contributed by atoms with Gasteiger partial charge < -0.3 is 24.8 Å². The van der Waals surface area contributed by atoms with Crippen LogP contribution in [0.25, 0.3) is 0 Å². The molecule has 0 saturated heterocycles. The number of para-hydroxylation sites is 1. The van der Waals surface area contributed by atoms with E-state index in [-0.39, 0.29) is 17.7 Å². The van der Waals surface area contributed by atoms with E-state index in [0.29, 0.717) is 43.2 Å². The lowest BCUT2D eigenvalue weighted by molar-refractivity contribution is -0.119. The number of hydrogen-bond donors (Lipinski definition) is 1. The molecule has 3 aromatic rings. The minimum absolute atomic E-state index is 0.115. The predicted molar refractivity (Wildman–Crippen MR) is 156 cm³/mol. The normalized spacial score (nSPS) is 14.9. The van der Waals surface area contributed by atoms with E-state index < -0.39 is 0 Å². The van der Waals surface area contributed by atoms with Crippen molar-refractivity contribution < 1.29 is 14.3 Å². The minimum Gasteiger partial charge on any atom is -0.497 e. The van der Waals surface area contributed by atoms with Crippen molar-refractivity contribution in [3.63, 3.8) is 0 Å². The van der Waals surface area contributed by atoms with Crippen LogP contribution in [0.15, 0.2) is 66.9 Å². The van der Waals surface area contributed by atoms with Gasteiger partial charge in [-0.3, -0.25) is 9.59 Å². The van der Waals surface area contributed by atoms with Crippen molar-refractivity contribution in [3.05, 3.63) is 78.0 Å². The van der Waals surface area contributed by atoms with Crippen molar-refractivity contribution in [2.24, 2.45) is 5.92 Å². The fraction of sp³-hybridized carbons (Fsp3) is 0.387. The highest BCUT2D eigenvalue weighted by molar-refractivity contribution is 5.99. The Morgan fingerprint density at radius 2 is 1.82 bits per heavy atom. The second kappa shape index (κ2) is 13.2. The van der Waals surface area contributed by atoms with Gasteiger partial charge in [0.05, 0.1) is 12.7 Å². The van der Waals surface area contributed by atoms with Crippen molar-refractivity contribution in [2.75, 3.05) is 50.6 Å². The number of pyridine rings is 1. The summed E-state index contributed by atoms with van der Waals surface area (Å²) in [6, 6.07) is 19.1. The highest BCUT2D eigenvalue weighted by Crippen LogP contribution is 2.27. The van der Waals surface area contributed by atoms with E-state index in [2.05, 4.69) is 36.1 Å². The number of likely N-dealkylation sites (N-methyl/N-ethyl adjacent to an activating group) is 1. The van der Waals surface area contributed by atoms with Gasteiger partial charge in [-0.15, -0.1) is 0 Å². The third-order valence-corrected chi connectivity index (χ3v) is 6.86. The summed E-state index contributed by atoms with van der Waals surface area (Å²) >= 11 is 0. The number of methoxy groups -OCH3 is 1. The Morgan fingerprint density at radius 3 is 2.62 bits per heavy atom. The maximum atomic E-state index is 14.1. The molecule has 0 unspecified atom stereocenters. The third-order valence-electron chi connectivity index (χ3n) is 6.86. The maximum absolute atomic E-state index is 14.1. The number of carbonyl (C=O) groups is 2. The first-order chi connectivity index (χ1) is 18.9. The number of amides is 2. The van der Waals surface area contributed by atoms with Crippen LogP contribution in [-0.4, -0.2) is 66.9 Å². The Morgan fingerprint density at radius 1 is 1.00 bits per heavy atom. The lowest BCUT2D eigenvalue weighted by Crippen LogP contribution is -2.37. The van der Waals surface area contributed by atoms with Crippen LogP contribution >= 0.6 is 0 Å². The minimum atomic E-state index is -0.115. The number of anilines is 3. The predicted octanol–water partition coefficient (Wildman–Crippen LogP) is 5.19. The van der Waals surface area contributed by atoms with Gasteiger partial charge in [0.1, 0.15) is 11.6 Å². The summed E-state index contributed by atoms with van der Waals surface area (Å²) in [5.41, 5.74) is 3.11. The molecular weight excluding hydrogens is 490 g/mol. The number of nitrogens with zero attached hydrogens (tertiary/aromatic N) is 4. The zero-order valence-corrected chi connectivity index (χ0v) is 23.4. The van der Waals surface area contributed by atoms with E-state index in [9.17, 15) is 9.59 Å². The van der Waals surface area contributed by atoms with Gasteiger partial charge >= 0.3 is 0 Å². The lowest BCUT2D eigenvalue weighted by Gasteiger charge is -2.28. The smallest absolute Gasteiger partial charge is 0.257 e. The molecule has 1 aliphatic heterocycles. The summed E-state index contributed by atoms with van der Waals surface area (Å²) < 4.78 is 5.35. The first-order valence-electron chi connectivity index (χ1n) is 13.6. The van der Waals surface area contributed by atoms with Gasteiger partial charge in [0, 0.05) is 56.2 Å². The quantitative estimate of drug-likeness (QED) is 0.474. The molecule has 4 rings (SSSR count). The summed E-state index contributed by atoms with van der Waals surface area (Å²) in [5, 5.41) is 3.29. The molecule has 0 fully saturated rings. The van der Waals surface area contributed by atoms with Crippen LogP contribution < -0.4 is 15.0 Å². The Kier molecular flexibility index (Phi) is 9.54. The Labute approximate surface area is 231 Å². The van der Waals surface area contributed by atoms with Gasteiger partial charge in [-0.25, -0.2) is 4.98 Å². The average Bonchev–Trinajstić information content (AvgIpc) is 2.96. The van der Waals surface area contributed by atoms with Crippen molar-refractivity contribution in [1.29, 1.82) is 0 Å². The summed E-state index contributed by atoms with van der Waals surface area (Å²) in [6.07, 6.45) is 3.02. The molecular formula is C31H39N5O3. The molecule has 1 aliphatic rings. The largest absolute Gasteiger partial charge is 0.497 e. The van der Waals surface area contributed by atoms with Gasteiger partial charge in [0.15, 0.2) is 0 Å². The molecule has 0 spiro atoms. The van der Waals surface area contributed by atoms with Crippen LogP contribution in [0.2, 0.25) is 0 Å². The molecule has 39 heavy (non-hydrogen) atoms. The number of ether oxygens (including phenoxy) is 1. The summed E-state index contributed by atoms with van der Waals surface area (Å²) in [6.45, 7) is 7.29. The number of aromatic nitrogens is 1. The van der Waals surface area contributed by atoms with Crippen molar-refractivity contribution >= 4 is 29.0 Å². The Hall–Kier alpha value is -3.91. The van der Waals surface area contributed by atoms with Crippen molar-refractivity contribution in [1.82, 2.24) is 14.8 Å². The van der Waals surface area contributed by atoms with Crippen LogP contribution in [0.5, 0.6) is 5.75 Å². The van der Waals surface area contributed by atoms with Gasteiger partial charge in [0.25, 0.3) is 5.91 Å². The van der Waals surface area contributed by atoms with E-state index in [1.54, 1.807) is 25.4 Å². The standard InChI is InChI=1S/C31H39N5O3/c1-23(2)20-29(37)36-17-9-16-34(3)18-19-35(22-24-10-5-6-14-28(24)36)31(38)27-13-8-15-32-30(27)33-25-11-7-12-26(21-25)39-4/h5-8,10-15,21,23H,9,16-20,22H2,1-4H3,(H,32,33). The highest BCUT2D eigenvalue weighted by atomic mass is 16.5. The number of rotatable bonds is 6. The average molecular weight is 530 g/mol. The molecule has 8 heteroatoms. The zero-order valence-electron chi connectivity index (χ0n) is 23.4. The van der Waals surface area contributed by atoms with Crippen LogP contribution in [0.1, 0.15) is 42.6 Å². The summed E-state index contributed by atoms with van der Waals surface area (Å²) in [5.74, 6) is 1.47.